The molecule has 0 atom stereocenters. The Morgan fingerprint density at radius 2 is 1.18 bits per heavy atom. The van der Waals surface area contributed by atoms with Crippen LogP contribution in [0.25, 0.3) is 5.57 Å². The van der Waals surface area contributed by atoms with Gasteiger partial charge in [-0.2, -0.15) is 0 Å². The van der Waals surface area contributed by atoms with Gasteiger partial charge >= 0.3 is 0 Å². The van der Waals surface area contributed by atoms with Crippen LogP contribution in [0, 0.1) is 29.2 Å². The van der Waals surface area contributed by atoms with Gasteiger partial charge < -0.3 is 0 Å². The number of rotatable bonds is 3. The number of hydrogen-bond acceptors (Lipinski definition) is 0. The Kier molecular flexibility index (Phi) is 3.76. The molecule has 0 nitrogen and oxygen atoms in total. The Labute approximate surface area is 168 Å². The van der Waals surface area contributed by atoms with Crippen molar-refractivity contribution in [2.75, 3.05) is 0 Å². The van der Waals surface area contributed by atoms with Gasteiger partial charge in [0.15, 0.2) is 0 Å². The van der Waals surface area contributed by atoms with Crippen molar-refractivity contribution >= 4 is 5.57 Å². The fourth-order valence-corrected chi connectivity index (χ4v) is 6.98. The highest BCUT2D eigenvalue weighted by atomic mass is 14.6. The molecule has 0 heterocycles. The summed E-state index contributed by atoms with van der Waals surface area (Å²) in [5.74, 6) is 2.93. The summed E-state index contributed by atoms with van der Waals surface area (Å²) in [6, 6.07) is 21.7. The minimum atomic E-state index is 0.422. The Morgan fingerprint density at radius 1 is 0.679 bits per heavy atom. The molecule has 139 valence electrons. The van der Waals surface area contributed by atoms with Crippen LogP contribution in [0.4, 0.5) is 0 Å². The minimum Gasteiger partial charge on any atom is -0.0622 e. The van der Waals surface area contributed by atoms with E-state index in [2.05, 4.69) is 78.9 Å². The van der Waals surface area contributed by atoms with Crippen molar-refractivity contribution in [2.24, 2.45) is 23.2 Å². The molecule has 4 bridgehead atoms. The minimum absolute atomic E-state index is 0.422. The van der Waals surface area contributed by atoms with Gasteiger partial charge in [0.05, 0.1) is 0 Å². The second kappa shape index (κ2) is 6.34. The van der Waals surface area contributed by atoms with Crippen LogP contribution in [0.15, 0.2) is 84.0 Å². The average molecular weight is 364 g/mol. The van der Waals surface area contributed by atoms with Crippen LogP contribution in [0.5, 0.6) is 0 Å². The highest BCUT2D eigenvalue weighted by molar-refractivity contribution is 5.85. The first-order valence-electron chi connectivity index (χ1n) is 11.0. The zero-order chi connectivity index (χ0) is 18.6. The van der Waals surface area contributed by atoms with Gasteiger partial charge in [-0.15, -0.1) is 0 Å². The third-order valence-corrected chi connectivity index (χ3v) is 7.69. The van der Waals surface area contributed by atoms with Crippen molar-refractivity contribution in [3.05, 3.63) is 101 Å². The molecule has 0 N–H and O–H groups in total. The lowest BCUT2D eigenvalue weighted by atomic mass is 9.48. The summed E-state index contributed by atoms with van der Waals surface area (Å²) in [6.07, 6.45) is 17.4. The summed E-state index contributed by atoms with van der Waals surface area (Å²) < 4.78 is 0. The van der Waals surface area contributed by atoms with E-state index in [4.69, 9.17) is 0 Å². The lowest BCUT2D eigenvalue weighted by Gasteiger charge is -2.57. The Bertz CT molecular complexity index is 894. The van der Waals surface area contributed by atoms with Crippen molar-refractivity contribution in [1.82, 2.24) is 0 Å². The van der Waals surface area contributed by atoms with E-state index in [9.17, 15) is 0 Å². The van der Waals surface area contributed by atoms with Crippen molar-refractivity contribution in [1.29, 1.82) is 0 Å². The molecule has 0 unspecified atom stereocenters. The lowest BCUT2D eigenvalue weighted by molar-refractivity contribution is -0.0286. The van der Waals surface area contributed by atoms with Crippen LogP contribution >= 0.6 is 0 Å². The third kappa shape index (κ3) is 2.65. The topological polar surface area (TPSA) is 0 Å². The number of allylic oxidation sites excluding steroid dienone is 5. The molecule has 0 aromatic heterocycles. The van der Waals surface area contributed by atoms with E-state index in [1.165, 1.54) is 66.4 Å². The van der Waals surface area contributed by atoms with Crippen molar-refractivity contribution < 1.29 is 0 Å². The zero-order valence-electron chi connectivity index (χ0n) is 16.4. The molecule has 5 aliphatic carbocycles. The first-order valence-corrected chi connectivity index (χ1v) is 11.0. The smallest absolute Gasteiger partial charge is 0.00325 e. The zero-order valence-corrected chi connectivity index (χ0v) is 16.4. The summed E-state index contributed by atoms with van der Waals surface area (Å²) in [5.41, 5.74) is 7.08. The summed E-state index contributed by atoms with van der Waals surface area (Å²) in [4.78, 5) is 0. The van der Waals surface area contributed by atoms with Gasteiger partial charge in [0, 0.05) is 0 Å². The first kappa shape index (κ1) is 16.6. The van der Waals surface area contributed by atoms with Crippen molar-refractivity contribution in [3.8, 4) is 0 Å². The van der Waals surface area contributed by atoms with E-state index in [0.29, 0.717) is 5.41 Å². The maximum atomic E-state index is 3.93. The molecule has 0 saturated heterocycles. The molecule has 0 heteroatoms. The standard InChI is InChI=1S/C28H27/c1-3-7-23(8-4-1)27(24-9-5-2-6-10-24)25-11-12-26(16-25)28-17-20-13-21(18-28)15-22(14-20)19-28/h1-12,20-22H,13-15,17-19H2. The average Bonchev–Trinajstić information content (AvgIpc) is 3.20. The molecule has 1 radical (unpaired) electrons. The van der Waals surface area contributed by atoms with E-state index < -0.39 is 0 Å². The maximum Gasteiger partial charge on any atom is -0.00325 e. The van der Waals surface area contributed by atoms with Gasteiger partial charge in [-0.25, -0.2) is 0 Å². The van der Waals surface area contributed by atoms with Crippen LogP contribution < -0.4 is 0 Å². The summed E-state index contributed by atoms with van der Waals surface area (Å²) in [7, 11) is 0. The second-order valence-electron chi connectivity index (χ2n) is 9.59. The quantitative estimate of drug-likeness (QED) is 0.550. The molecule has 0 amide bonds. The predicted molar refractivity (Wildman–Crippen MR) is 115 cm³/mol. The van der Waals surface area contributed by atoms with Crippen molar-refractivity contribution in [3.63, 3.8) is 0 Å². The van der Waals surface area contributed by atoms with E-state index >= 15 is 0 Å². The monoisotopic (exact) mass is 363 g/mol. The summed E-state index contributed by atoms with van der Waals surface area (Å²) in [5, 5.41) is 0. The first-order chi connectivity index (χ1) is 13.8. The van der Waals surface area contributed by atoms with Crippen LogP contribution in [-0.2, 0) is 0 Å². The highest BCUT2D eigenvalue weighted by Gasteiger charge is 2.52. The lowest BCUT2D eigenvalue weighted by Crippen LogP contribution is -2.46. The molecule has 0 aliphatic heterocycles. The molecule has 2 aromatic rings. The second-order valence-corrected chi connectivity index (χ2v) is 9.59. The van der Waals surface area contributed by atoms with Gasteiger partial charge in [-0.05, 0) is 95.6 Å². The summed E-state index contributed by atoms with van der Waals surface area (Å²) in [6.45, 7) is 0. The number of hydrogen-bond donors (Lipinski definition) is 0. The molecule has 0 spiro atoms. The van der Waals surface area contributed by atoms with Crippen LogP contribution in [0.3, 0.4) is 0 Å². The third-order valence-electron chi connectivity index (χ3n) is 7.69. The van der Waals surface area contributed by atoms with Gasteiger partial charge in [0.1, 0.15) is 0 Å². The van der Waals surface area contributed by atoms with E-state index in [0.717, 1.165) is 17.8 Å². The Morgan fingerprint density at radius 3 is 1.68 bits per heavy atom. The molecule has 7 rings (SSSR count). The van der Waals surface area contributed by atoms with E-state index in [-0.39, 0.29) is 0 Å². The Hall–Kier alpha value is -2.34. The number of benzene rings is 2. The SMILES string of the molecule is [C]1=C(C23CC4CC(CC(C4)C2)C3)C=CC1=C(c1ccccc1)c1ccccc1. The maximum absolute atomic E-state index is 3.93. The fraction of sp³-hybridized carbons (Fsp3) is 0.357. The van der Waals surface area contributed by atoms with Gasteiger partial charge in [0.25, 0.3) is 0 Å². The molecule has 2 aromatic carbocycles. The van der Waals surface area contributed by atoms with Crippen LogP contribution in [-0.4, -0.2) is 0 Å². The molecule has 4 saturated carbocycles. The largest absolute Gasteiger partial charge is 0.0622 e. The fourth-order valence-electron chi connectivity index (χ4n) is 6.98. The van der Waals surface area contributed by atoms with Gasteiger partial charge in [0.2, 0.25) is 0 Å². The molecule has 28 heavy (non-hydrogen) atoms. The summed E-state index contributed by atoms with van der Waals surface area (Å²) >= 11 is 0. The normalized spacial score (nSPS) is 32.6. The van der Waals surface area contributed by atoms with Crippen LogP contribution in [0.2, 0.25) is 0 Å². The predicted octanol–water partition coefficient (Wildman–Crippen LogP) is 7.00. The molecular weight excluding hydrogens is 336 g/mol. The van der Waals surface area contributed by atoms with Crippen LogP contribution in [0.1, 0.15) is 49.7 Å². The van der Waals surface area contributed by atoms with Crippen molar-refractivity contribution in [2.45, 2.75) is 38.5 Å². The molecule has 5 aliphatic rings. The van der Waals surface area contributed by atoms with E-state index in [1.54, 1.807) is 0 Å². The van der Waals surface area contributed by atoms with E-state index in [1.807, 2.05) is 0 Å². The van der Waals surface area contributed by atoms with Gasteiger partial charge in [-0.3, -0.25) is 0 Å². The Balaban J connectivity index is 1.46. The molecule has 4 fully saturated rings. The van der Waals surface area contributed by atoms with Gasteiger partial charge in [-0.1, -0.05) is 72.8 Å². The molecular formula is C28H27. The highest BCUT2D eigenvalue weighted by Crippen LogP contribution is 2.63.